The predicted octanol–water partition coefficient (Wildman–Crippen LogP) is 3.67. The van der Waals surface area contributed by atoms with E-state index in [2.05, 4.69) is 24.3 Å². The molecule has 5 aliphatic rings. The van der Waals surface area contributed by atoms with Crippen LogP contribution >= 0.6 is 0 Å². The molecule has 2 aromatic carbocycles. The maximum absolute atomic E-state index is 13.6. The first-order valence-corrected chi connectivity index (χ1v) is 11.9. The third-order valence-electron chi connectivity index (χ3n) is 8.35. The topological polar surface area (TPSA) is 57.7 Å². The van der Waals surface area contributed by atoms with Crippen molar-refractivity contribution in [2.75, 3.05) is 13.6 Å². The van der Waals surface area contributed by atoms with Crippen LogP contribution in [0.1, 0.15) is 66.2 Å². The Balaban J connectivity index is 1.34. The fourth-order valence-electron chi connectivity index (χ4n) is 6.81. The molecule has 0 N–H and O–H groups in total. The maximum Gasteiger partial charge on any atom is 0.242 e. The van der Waals surface area contributed by atoms with E-state index < -0.39 is 11.8 Å². The quantitative estimate of drug-likeness (QED) is 0.701. The molecular weight excluding hydrogens is 400 g/mol. The first-order valence-electron chi connectivity index (χ1n) is 11.9. The van der Waals surface area contributed by atoms with Crippen LogP contribution in [-0.4, -0.2) is 47.2 Å². The van der Waals surface area contributed by atoms with Gasteiger partial charge in [0.1, 0.15) is 6.54 Å². The lowest BCUT2D eigenvalue weighted by atomic mass is 9.55. The van der Waals surface area contributed by atoms with Crippen LogP contribution in [0.15, 0.2) is 48.5 Å². The van der Waals surface area contributed by atoms with Crippen molar-refractivity contribution in [3.63, 3.8) is 0 Å². The van der Waals surface area contributed by atoms with Crippen molar-refractivity contribution < 1.29 is 14.4 Å². The molecule has 7 rings (SSSR count). The number of carbonyl (C=O) groups is 3. The van der Waals surface area contributed by atoms with Crippen LogP contribution in [0.3, 0.4) is 0 Å². The molecule has 1 aliphatic heterocycles. The molecule has 5 heteroatoms. The maximum atomic E-state index is 13.6. The third-order valence-corrected chi connectivity index (χ3v) is 8.35. The van der Waals surface area contributed by atoms with E-state index in [9.17, 15) is 14.4 Å². The van der Waals surface area contributed by atoms with Crippen LogP contribution in [-0.2, 0) is 14.4 Å². The smallest absolute Gasteiger partial charge is 0.242 e. The summed E-state index contributed by atoms with van der Waals surface area (Å²) in [5.41, 5.74) is 4.63. The van der Waals surface area contributed by atoms with Gasteiger partial charge in [0.2, 0.25) is 17.7 Å². The standard InChI is InChI=1S/C27H28N2O3/c1-28(16-9-3-2-4-10-16)21(30)15-29-26(31)24-22-17-11-5-6-12-18(17)23(25(24)27(29)32)20-14-8-7-13-19(20)22/h5-8,11-14,16,22-25H,2-4,9-10,15H2,1H3/t22?,23?,24-,25-/m1/s1. The van der Waals surface area contributed by atoms with Crippen molar-refractivity contribution in [1.29, 1.82) is 0 Å². The predicted molar refractivity (Wildman–Crippen MR) is 120 cm³/mol. The third kappa shape index (κ3) is 2.66. The monoisotopic (exact) mass is 428 g/mol. The Hall–Kier alpha value is -2.95. The van der Waals surface area contributed by atoms with Gasteiger partial charge in [-0.15, -0.1) is 0 Å². The molecule has 1 saturated carbocycles. The number of amides is 3. The molecule has 2 fully saturated rings. The first kappa shape index (κ1) is 19.7. The lowest BCUT2D eigenvalue weighted by Crippen LogP contribution is -2.46. The number of likely N-dealkylation sites (tertiary alicyclic amines) is 1. The summed E-state index contributed by atoms with van der Waals surface area (Å²) in [6.07, 6.45) is 5.49. The van der Waals surface area contributed by atoms with E-state index in [1.807, 2.05) is 31.3 Å². The van der Waals surface area contributed by atoms with E-state index in [1.54, 1.807) is 4.90 Å². The Labute approximate surface area is 188 Å². The molecule has 1 heterocycles. The SMILES string of the molecule is CN(C(=O)CN1C(=O)[C@@H]2C3c4ccccc4C(c4ccccc43)[C@H]2C1=O)C1CCCCC1. The van der Waals surface area contributed by atoms with Crippen molar-refractivity contribution in [2.24, 2.45) is 11.8 Å². The van der Waals surface area contributed by atoms with Gasteiger partial charge in [0, 0.05) is 24.9 Å². The summed E-state index contributed by atoms with van der Waals surface area (Å²) >= 11 is 0. The van der Waals surface area contributed by atoms with Gasteiger partial charge in [0.15, 0.2) is 0 Å². The molecule has 2 aromatic rings. The molecule has 2 atom stereocenters. The Morgan fingerprint density at radius 3 is 1.69 bits per heavy atom. The molecule has 32 heavy (non-hydrogen) atoms. The van der Waals surface area contributed by atoms with E-state index >= 15 is 0 Å². The number of hydrogen-bond acceptors (Lipinski definition) is 3. The number of hydrogen-bond donors (Lipinski definition) is 0. The van der Waals surface area contributed by atoms with E-state index in [0.29, 0.717) is 0 Å². The minimum atomic E-state index is -0.412. The zero-order chi connectivity index (χ0) is 22.0. The normalized spacial score (nSPS) is 28.3. The fraction of sp³-hybridized carbons (Fsp3) is 0.444. The van der Waals surface area contributed by atoms with Gasteiger partial charge in [-0.25, -0.2) is 0 Å². The summed E-state index contributed by atoms with van der Waals surface area (Å²) in [5.74, 6) is -1.54. The average molecular weight is 429 g/mol. The Kier molecular flexibility index (Phi) is 4.49. The van der Waals surface area contributed by atoms with Gasteiger partial charge < -0.3 is 4.90 Å². The van der Waals surface area contributed by atoms with E-state index in [0.717, 1.165) is 47.9 Å². The molecule has 4 aliphatic carbocycles. The van der Waals surface area contributed by atoms with Crippen molar-refractivity contribution in [3.05, 3.63) is 70.8 Å². The lowest BCUT2D eigenvalue weighted by molar-refractivity contribution is -0.147. The Morgan fingerprint density at radius 2 is 1.25 bits per heavy atom. The summed E-state index contributed by atoms with van der Waals surface area (Å²) in [5, 5.41) is 0. The van der Waals surface area contributed by atoms with Crippen LogP contribution < -0.4 is 0 Å². The van der Waals surface area contributed by atoms with E-state index in [1.165, 1.54) is 11.3 Å². The number of likely N-dealkylation sites (N-methyl/N-ethyl adjacent to an activating group) is 1. The van der Waals surface area contributed by atoms with Crippen molar-refractivity contribution in [2.45, 2.75) is 50.0 Å². The van der Waals surface area contributed by atoms with Gasteiger partial charge in [-0.05, 0) is 35.1 Å². The highest BCUT2D eigenvalue weighted by molar-refractivity contribution is 6.09. The highest BCUT2D eigenvalue weighted by atomic mass is 16.2. The van der Waals surface area contributed by atoms with Gasteiger partial charge in [0.25, 0.3) is 0 Å². The minimum Gasteiger partial charge on any atom is -0.341 e. The summed E-state index contributed by atoms with van der Waals surface area (Å²) in [7, 11) is 1.83. The lowest BCUT2D eigenvalue weighted by Gasteiger charge is -2.45. The molecule has 2 bridgehead atoms. The van der Waals surface area contributed by atoms with Gasteiger partial charge in [-0.3, -0.25) is 19.3 Å². The van der Waals surface area contributed by atoms with Crippen molar-refractivity contribution in [3.8, 4) is 0 Å². The molecular formula is C27H28N2O3. The second kappa shape index (κ2) is 7.29. The summed E-state index contributed by atoms with van der Waals surface area (Å²) < 4.78 is 0. The highest BCUT2D eigenvalue weighted by Gasteiger charge is 2.61. The molecule has 3 amide bonds. The fourth-order valence-corrected chi connectivity index (χ4v) is 6.81. The molecule has 5 nitrogen and oxygen atoms in total. The molecule has 164 valence electrons. The van der Waals surface area contributed by atoms with Crippen LogP contribution in [0.25, 0.3) is 0 Å². The van der Waals surface area contributed by atoms with E-state index in [4.69, 9.17) is 0 Å². The molecule has 0 radical (unpaired) electrons. The highest BCUT2D eigenvalue weighted by Crippen LogP contribution is 2.60. The Morgan fingerprint density at radius 1 is 0.812 bits per heavy atom. The molecule has 0 unspecified atom stereocenters. The number of carbonyl (C=O) groups excluding carboxylic acids is 3. The molecule has 0 aromatic heterocycles. The molecule has 0 spiro atoms. The second-order valence-corrected chi connectivity index (χ2v) is 9.82. The first-order chi connectivity index (χ1) is 15.6. The zero-order valence-corrected chi connectivity index (χ0v) is 18.4. The largest absolute Gasteiger partial charge is 0.341 e. The minimum absolute atomic E-state index is 0.120. The average Bonchev–Trinajstić information content (AvgIpc) is 3.09. The van der Waals surface area contributed by atoms with Crippen molar-refractivity contribution in [1.82, 2.24) is 9.80 Å². The number of benzene rings is 2. The van der Waals surface area contributed by atoms with Crippen LogP contribution in [0.4, 0.5) is 0 Å². The zero-order valence-electron chi connectivity index (χ0n) is 18.4. The summed E-state index contributed by atoms with van der Waals surface area (Å²) in [4.78, 5) is 43.4. The Bertz CT molecular complexity index is 1000. The molecule has 1 saturated heterocycles. The van der Waals surface area contributed by atoms with Gasteiger partial charge in [-0.2, -0.15) is 0 Å². The van der Waals surface area contributed by atoms with Crippen LogP contribution in [0, 0.1) is 11.8 Å². The second-order valence-electron chi connectivity index (χ2n) is 9.82. The number of nitrogens with zero attached hydrogens (tertiary/aromatic N) is 2. The van der Waals surface area contributed by atoms with Crippen LogP contribution in [0.2, 0.25) is 0 Å². The van der Waals surface area contributed by atoms with E-state index in [-0.39, 0.29) is 42.1 Å². The van der Waals surface area contributed by atoms with Crippen molar-refractivity contribution >= 4 is 17.7 Å². The van der Waals surface area contributed by atoms with Gasteiger partial charge in [-0.1, -0.05) is 67.8 Å². The van der Waals surface area contributed by atoms with Gasteiger partial charge in [0.05, 0.1) is 11.8 Å². The number of imide groups is 1. The van der Waals surface area contributed by atoms with Gasteiger partial charge >= 0.3 is 0 Å². The van der Waals surface area contributed by atoms with Crippen LogP contribution in [0.5, 0.6) is 0 Å². The summed E-state index contributed by atoms with van der Waals surface area (Å²) in [6.45, 7) is -0.135. The number of rotatable bonds is 3. The summed E-state index contributed by atoms with van der Waals surface area (Å²) in [6, 6.07) is 16.7.